The van der Waals surface area contributed by atoms with Crippen LogP contribution in [0.5, 0.6) is 5.88 Å². The van der Waals surface area contributed by atoms with Gasteiger partial charge in [0, 0.05) is 11.8 Å². The molecule has 1 aromatic heterocycles. The molecule has 0 spiro atoms. The number of unbranched alkanes of at least 4 members (excludes halogenated alkanes) is 4. The van der Waals surface area contributed by atoms with Gasteiger partial charge in [0.2, 0.25) is 11.8 Å². The molecule has 1 rings (SSSR count). The van der Waals surface area contributed by atoms with E-state index in [1.165, 1.54) is 25.7 Å². The Bertz CT molecular complexity index is 295. The number of hydrogen-bond acceptors (Lipinski definition) is 4. The second-order valence-electron chi connectivity index (χ2n) is 3.97. The van der Waals surface area contributed by atoms with Gasteiger partial charge in [0.15, 0.2) is 0 Å². The summed E-state index contributed by atoms with van der Waals surface area (Å²) in [5.74, 6) is 0.862. The fourth-order valence-corrected chi connectivity index (χ4v) is 1.52. The van der Waals surface area contributed by atoms with Gasteiger partial charge in [-0.15, -0.1) is 0 Å². The van der Waals surface area contributed by atoms with Crippen molar-refractivity contribution in [3.63, 3.8) is 0 Å². The minimum Gasteiger partial charge on any atom is -0.478 e. The van der Waals surface area contributed by atoms with Crippen LogP contribution in [0.4, 0.5) is 5.95 Å². The molecule has 0 aromatic carbocycles. The summed E-state index contributed by atoms with van der Waals surface area (Å²) in [6.07, 6.45) is 6.14. The van der Waals surface area contributed by atoms with Gasteiger partial charge in [-0.3, -0.25) is 0 Å². The lowest BCUT2D eigenvalue weighted by Crippen LogP contribution is -2.03. The van der Waals surface area contributed by atoms with E-state index >= 15 is 0 Å². The summed E-state index contributed by atoms with van der Waals surface area (Å²) in [5.41, 5.74) is 6.37. The lowest BCUT2D eigenvalue weighted by atomic mass is 10.2. The number of nitrogens with zero attached hydrogens (tertiary/aromatic N) is 2. The first-order chi connectivity index (χ1) is 7.72. The lowest BCUT2D eigenvalue weighted by molar-refractivity contribution is 0.293. The normalized spacial score (nSPS) is 10.4. The van der Waals surface area contributed by atoms with Crippen molar-refractivity contribution in [2.45, 2.75) is 46.0 Å². The number of hydrogen-bond donors (Lipinski definition) is 1. The average molecular weight is 223 g/mol. The number of aryl methyl sites for hydroxylation is 1. The molecule has 90 valence electrons. The minimum atomic E-state index is 0.279. The van der Waals surface area contributed by atoms with Gasteiger partial charge in [-0.25, -0.2) is 4.98 Å². The first kappa shape index (κ1) is 12.7. The van der Waals surface area contributed by atoms with Crippen LogP contribution in [0.25, 0.3) is 0 Å². The van der Waals surface area contributed by atoms with Crippen LogP contribution in [-0.4, -0.2) is 16.6 Å². The highest BCUT2D eigenvalue weighted by molar-refractivity contribution is 5.25. The van der Waals surface area contributed by atoms with E-state index < -0.39 is 0 Å². The van der Waals surface area contributed by atoms with Gasteiger partial charge in [-0.05, 0) is 13.3 Å². The first-order valence-corrected chi connectivity index (χ1v) is 5.96. The average Bonchev–Trinajstić information content (AvgIpc) is 2.22. The van der Waals surface area contributed by atoms with E-state index in [4.69, 9.17) is 10.5 Å². The Balaban J connectivity index is 2.21. The molecular formula is C12H21N3O. The zero-order chi connectivity index (χ0) is 11.8. The van der Waals surface area contributed by atoms with Crippen LogP contribution < -0.4 is 10.5 Å². The van der Waals surface area contributed by atoms with Gasteiger partial charge in [-0.2, -0.15) is 4.98 Å². The van der Waals surface area contributed by atoms with Crippen LogP contribution in [0, 0.1) is 6.92 Å². The maximum absolute atomic E-state index is 5.53. The number of aromatic nitrogens is 2. The molecule has 2 N–H and O–H groups in total. The fourth-order valence-electron chi connectivity index (χ4n) is 1.52. The van der Waals surface area contributed by atoms with Crippen LogP contribution in [0.1, 0.15) is 44.7 Å². The van der Waals surface area contributed by atoms with Crippen LogP contribution in [0.2, 0.25) is 0 Å². The van der Waals surface area contributed by atoms with E-state index in [1.54, 1.807) is 0 Å². The summed E-state index contributed by atoms with van der Waals surface area (Å²) < 4.78 is 5.52. The van der Waals surface area contributed by atoms with Gasteiger partial charge < -0.3 is 10.5 Å². The molecule has 0 aliphatic heterocycles. The van der Waals surface area contributed by atoms with Crippen LogP contribution in [0.15, 0.2) is 6.07 Å². The van der Waals surface area contributed by atoms with E-state index in [2.05, 4.69) is 16.9 Å². The number of rotatable bonds is 7. The molecule has 0 amide bonds. The molecule has 1 heterocycles. The van der Waals surface area contributed by atoms with Crippen molar-refractivity contribution >= 4 is 5.95 Å². The Morgan fingerprint density at radius 1 is 1.19 bits per heavy atom. The molecule has 0 saturated heterocycles. The third-order valence-electron chi connectivity index (χ3n) is 2.35. The Morgan fingerprint density at radius 2 is 1.94 bits per heavy atom. The summed E-state index contributed by atoms with van der Waals surface area (Å²) in [6.45, 7) is 4.80. The lowest BCUT2D eigenvalue weighted by Gasteiger charge is -2.06. The first-order valence-electron chi connectivity index (χ1n) is 5.96. The SMILES string of the molecule is CCCCCCCOc1cc(C)nc(N)n1. The molecule has 0 bridgehead atoms. The third-order valence-corrected chi connectivity index (χ3v) is 2.35. The van der Waals surface area contributed by atoms with E-state index in [-0.39, 0.29) is 5.95 Å². The molecule has 0 aliphatic carbocycles. The van der Waals surface area contributed by atoms with Crippen molar-refractivity contribution in [2.75, 3.05) is 12.3 Å². The molecule has 4 nitrogen and oxygen atoms in total. The summed E-state index contributed by atoms with van der Waals surface area (Å²) >= 11 is 0. The highest BCUT2D eigenvalue weighted by Gasteiger charge is 1.99. The number of nitrogens with two attached hydrogens (primary N) is 1. The Kier molecular flexibility index (Phi) is 5.61. The second-order valence-corrected chi connectivity index (χ2v) is 3.97. The molecule has 0 saturated carbocycles. The summed E-state index contributed by atoms with van der Waals surface area (Å²) in [7, 11) is 0. The molecule has 16 heavy (non-hydrogen) atoms. The smallest absolute Gasteiger partial charge is 0.223 e. The van der Waals surface area contributed by atoms with E-state index in [0.717, 1.165) is 12.1 Å². The predicted molar refractivity (Wildman–Crippen MR) is 65.4 cm³/mol. The highest BCUT2D eigenvalue weighted by Crippen LogP contribution is 2.11. The van der Waals surface area contributed by atoms with Crippen LogP contribution in [0.3, 0.4) is 0 Å². The van der Waals surface area contributed by atoms with Gasteiger partial charge >= 0.3 is 0 Å². The van der Waals surface area contributed by atoms with Crippen LogP contribution in [-0.2, 0) is 0 Å². The topological polar surface area (TPSA) is 61.0 Å². The largest absolute Gasteiger partial charge is 0.478 e. The van der Waals surface area contributed by atoms with Crippen molar-refractivity contribution < 1.29 is 4.74 Å². The standard InChI is InChI=1S/C12H21N3O/c1-3-4-5-6-7-8-16-11-9-10(2)14-12(13)15-11/h9H,3-8H2,1-2H3,(H2,13,14,15). The van der Waals surface area contributed by atoms with E-state index in [9.17, 15) is 0 Å². The van der Waals surface area contributed by atoms with Crippen molar-refractivity contribution in [3.8, 4) is 5.88 Å². The molecule has 0 aliphatic rings. The van der Waals surface area contributed by atoms with E-state index in [1.807, 2.05) is 13.0 Å². The summed E-state index contributed by atoms with van der Waals surface area (Å²) in [5, 5.41) is 0. The van der Waals surface area contributed by atoms with Gasteiger partial charge in [0.25, 0.3) is 0 Å². The summed E-state index contributed by atoms with van der Waals surface area (Å²) in [6, 6.07) is 1.81. The molecule has 1 aromatic rings. The molecule has 4 heteroatoms. The van der Waals surface area contributed by atoms with Gasteiger partial charge in [-0.1, -0.05) is 32.6 Å². The number of anilines is 1. The highest BCUT2D eigenvalue weighted by atomic mass is 16.5. The maximum Gasteiger partial charge on any atom is 0.223 e. The zero-order valence-electron chi connectivity index (χ0n) is 10.2. The Labute approximate surface area is 97.2 Å². The summed E-state index contributed by atoms with van der Waals surface area (Å²) in [4.78, 5) is 8.00. The Morgan fingerprint density at radius 3 is 2.62 bits per heavy atom. The van der Waals surface area contributed by atoms with Crippen molar-refractivity contribution in [1.29, 1.82) is 0 Å². The zero-order valence-corrected chi connectivity index (χ0v) is 10.2. The van der Waals surface area contributed by atoms with Crippen molar-refractivity contribution in [2.24, 2.45) is 0 Å². The van der Waals surface area contributed by atoms with Crippen molar-refractivity contribution in [3.05, 3.63) is 11.8 Å². The van der Waals surface area contributed by atoms with Crippen LogP contribution >= 0.6 is 0 Å². The second kappa shape index (κ2) is 7.04. The molecule has 0 radical (unpaired) electrons. The fraction of sp³-hybridized carbons (Fsp3) is 0.667. The number of ether oxygens (including phenoxy) is 1. The quantitative estimate of drug-likeness (QED) is 0.722. The Hall–Kier alpha value is -1.32. The number of nitrogen functional groups attached to an aromatic ring is 1. The monoisotopic (exact) mass is 223 g/mol. The molecule has 0 fully saturated rings. The van der Waals surface area contributed by atoms with Gasteiger partial charge in [0.05, 0.1) is 6.61 Å². The maximum atomic E-state index is 5.53. The van der Waals surface area contributed by atoms with Crippen molar-refractivity contribution in [1.82, 2.24) is 9.97 Å². The van der Waals surface area contributed by atoms with Gasteiger partial charge in [0.1, 0.15) is 0 Å². The predicted octanol–water partition coefficient (Wildman–Crippen LogP) is 2.72. The third kappa shape index (κ3) is 4.96. The molecule has 0 unspecified atom stereocenters. The minimum absolute atomic E-state index is 0.279. The molecular weight excluding hydrogens is 202 g/mol. The molecule has 0 atom stereocenters. The van der Waals surface area contributed by atoms with E-state index in [0.29, 0.717) is 12.5 Å².